The van der Waals surface area contributed by atoms with Crippen LogP contribution in [0.5, 0.6) is 0 Å². The van der Waals surface area contributed by atoms with Crippen molar-refractivity contribution >= 4 is 44.5 Å². The molecule has 7 nitrogen and oxygen atoms in total. The van der Waals surface area contributed by atoms with Gasteiger partial charge in [0, 0.05) is 56.6 Å². The van der Waals surface area contributed by atoms with Crippen LogP contribution >= 0.6 is 11.3 Å². The predicted octanol–water partition coefficient (Wildman–Crippen LogP) is 7.66. The first-order valence-corrected chi connectivity index (χ1v) is 12.8. The first-order chi connectivity index (χ1) is 18.0. The summed E-state index contributed by atoms with van der Waals surface area (Å²) in [5, 5.41) is 12.9. The fraction of sp³-hybridized carbons (Fsp3) is 0.103. The SMILES string of the molecule is C=C(CC)Nc1cncc(-c2cnc3n[nH]c(-c4cc5c(-c6ccc(C(=C)C)s6)nccc5[nH]4)c3c2)c1. The minimum Gasteiger partial charge on any atom is -0.358 e. The Morgan fingerprint density at radius 1 is 1.00 bits per heavy atom. The van der Waals surface area contributed by atoms with Gasteiger partial charge in [0.05, 0.1) is 33.8 Å². The Hall–Kier alpha value is -4.56. The van der Waals surface area contributed by atoms with E-state index >= 15 is 0 Å². The molecule has 6 aromatic rings. The minimum atomic E-state index is 0.654. The second-order valence-corrected chi connectivity index (χ2v) is 10.1. The average molecular weight is 504 g/mol. The molecule has 0 radical (unpaired) electrons. The van der Waals surface area contributed by atoms with Gasteiger partial charge in [-0.05, 0) is 55.3 Å². The molecule has 0 spiro atoms. The summed E-state index contributed by atoms with van der Waals surface area (Å²) in [6, 6.07) is 12.5. The van der Waals surface area contributed by atoms with E-state index in [1.54, 1.807) is 17.5 Å². The van der Waals surface area contributed by atoms with Crippen molar-refractivity contribution in [1.29, 1.82) is 0 Å². The molecule has 0 aromatic carbocycles. The van der Waals surface area contributed by atoms with Crippen molar-refractivity contribution in [1.82, 2.24) is 30.1 Å². The number of H-pyrrole nitrogens is 2. The molecular weight excluding hydrogens is 478 g/mol. The third-order valence-electron chi connectivity index (χ3n) is 6.31. The molecule has 0 fully saturated rings. The van der Waals surface area contributed by atoms with E-state index in [4.69, 9.17) is 4.98 Å². The molecule has 0 bridgehead atoms. The monoisotopic (exact) mass is 503 g/mol. The van der Waals surface area contributed by atoms with Gasteiger partial charge >= 0.3 is 0 Å². The zero-order valence-corrected chi connectivity index (χ0v) is 21.4. The lowest BCUT2D eigenvalue weighted by atomic mass is 10.1. The van der Waals surface area contributed by atoms with Gasteiger partial charge in [-0.25, -0.2) is 4.98 Å². The lowest BCUT2D eigenvalue weighted by molar-refractivity contribution is 1.10. The standard InChI is InChI=1S/C29H25N7S/c1-5-17(4)33-20-10-18(13-30-15-20)19-11-22-27(35-36-29(22)32-14-19)24-12-21-23(34-24)8-9-31-28(21)26-7-6-25(37-26)16(2)3/h6-15,33-34H,2,4-5H2,1,3H3,(H,32,35,36). The first kappa shape index (κ1) is 22.9. The Kier molecular flexibility index (Phi) is 5.65. The van der Waals surface area contributed by atoms with Crippen LogP contribution in [-0.4, -0.2) is 30.1 Å². The highest BCUT2D eigenvalue weighted by Gasteiger charge is 2.16. The summed E-state index contributed by atoms with van der Waals surface area (Å²) in [5.41, 5.74) is 9.23. The van der Waals surface area contributed by atoms with Crippen LogP contribution in [0.1, 0.15) is 25.1 Å². The van der Waals surface area contributed by atoms with E-state index in [-0.39, 0.29) is 0 Å². The maximum absolute atomic E-state index is 4.70. The Labute approximate surface area is 218 Å². The molecule has 0 unspecified atom stereocenters. The van der Waals surface area contributed by atoms with Crippen LogP contribution in [0.15, 0.2) is 80.0 Å². The van der Waals surface area contributed by atoms with Crippen LogP contribution in [0.3, 0.4) is 0 Å². The maximum atomic E-state index is 4.70. The van der Waals surface area contributed by atoms with Crippen LogP contribution in [0.2, 0.25) is 0 Å². The Bertz CT molecular complexity index is 1800. The number of hydrogen-bond donors (Lipinski definition) is 3. The van der Waals surface area contributed by atoms with Crippen molar-refractivity contribution in [3.8, 4) is 33.1 Å². The summed E-state index contributed by atoms with van der Waals surface area (Å²) >= 11 is 1.70. The second kappa shape index (κ2) is 9.15. The molecule has 6 aromatic heterocycles. The van der Waals surface area contributed by atoms with Crippen molar-refractivity contribution in [2.24, 2.45) is 0 Å². The second-order valence-electron chi connectivity index (χ2n) is 8.99. The van der Waals surface area contributed by atoms with E-state index in [1.165, 1.54) is 0 Å². The number of allylic oxidation sites excluding steroid dienone is 2. The maximum Gasteiger partial charge on any atom is 0.181 e. The molecule has 0 aliphatic carbocycles. The topological polar surface area (TPSA) is 95.2 Å². The summed E-state index contributed by atoms with van der Waals surface area (Å²) in [6.07, 6.45) is 8.14. The highest BCUT2D eigenvalue weighted by molar-refractivity contribution is 7.16. The lowest BCUT2D eigenvalue weighted by Gasteiger charge is -2.09. The predicted molar refractivity (Wildman–Crippen MR) is 153 cm³/mol. The van der Waals surface area contributed by atoms with E-state index in [9.17, 15) is 0 Å². The lowest BCUT2D eigenvalue weighted by Crippen LogP contribution is -1.97. The van der Waals surface area contributed by atoms with Crippen molar-refractivity contribution in [3.05, 3.63) is 84.9 Å². The van der Waals surface area contributed by atoms with Crippen LogP contribution in [0, 0.1) is 0 Å². The van der Waals surface area contributed by atoms with Gasteiger partial charge in [0.15, 0.2) is 5.65 Å². The molecule has 0 amide bonds. The zero-order valence-electron chi connectivity index (χ0n) is 20.6. The van der Waals surface area contributed by atoms with Crippen LogP contribution in [-0.2, 0) is 0 Å². The number of nitrogens with zero attached hydrogens (tertiary/aromatic N) is 4. The normalized spacial score (nSPS) is 11.3. The molecule has 3 N–H and O–H groups in total. The highest BCUT2D eigenvalue weighted by atomic mass is 32.1. The Morgan fingerprint density at radius 2 is 1.86 bits per heavy atom. The number of aromatic nitrogens is 6. The molecule has 0 atom stereocenters. The molecule has 0 saturated carbocycles. The van der Waals surface area contributed by atoms with E-state index in [1.807, 2.05) is 31.6 Å². The van der Waals surface area contributed by atoms with Gasteiger partial charge in [-0.2, -0.15) is 5.10 Å². The van der Waals surface area contributed by atoms with Gasteiger partial charge in [-0.3, -0.25) is 15.1 Å². The molecule has 37 heavy (non-hydrogen) atoms. The van der Waals surface area contributed by atoms with Crippen molar-refractivity contribution in [3.63, 3.8) is 0 Å². The Morgan fingerprint density at radius 3 is 2.68 bits per heavy atom. The fourth-order valence-corrected chi connectivity index (χ4v) is 5.24. The van der Waals surface area contributed by atoms with Crippen LogP contribution in [0.4, 0.5) is 5.69 Å². The molecular formula is C29H25N7S. The third kappa shape index (κ3) is 4.21. The number of rotatable bonds is 7. The van der Waals surface area contributed by atoms with E-state index in [2.05, 4.69) is 80.9 Å². The van der Waals surface area contributed by atoms with E-state index in [0.717, 1.165) is 77.6 Å². The van der Waals surface area contributed by atoms with Crippen molar-refractivity contribution < 1.29 is 0 Å². The van der Waals surface area contributed by atoms with Gasteiger partial charge < -0.3 is 10.3 Å². The van der Waals surface area contributed by atoms with Gasteiger partial charge in [-0.15, -0.1) is 11.3 Å². The number of aromatic amines is 2. The minimum absolute atomic E-state index is 0.654. The molecule has 8 heteroatoms. The highest BCUT2D eigenvalue weighted by Crippen LogP contribution is 2.37. The number of pyridine rings is 3. The number of anilines is 1. The largest absolute Gasteiger partial charge is 0.358 e. The van der Waals surface area contributed by atoms with Gasteiger partial charge in [-0.1, -0.05) is 20.1 Å². The molecule has 0 saturated heterocycles. The molecule has 6 rings (SSSR count). The third-order valence-corrected chi connectivity index (χ3v) is 7.56. The summed E-state index contributed by atoms with van der Waals surface area (Å²) in [4.78, 5) is 19.5. The summed E-state index contributed by atoms with van der Waals surface area (Å²) in [6.45, 7) is 12.2. The van der Waals surface area contributed by atoms with Crippen LogP contribution in [0.25, 0.3) is 60.6 Å². The molecule has 6 heterocycles. The van der Waals surface area contributed by atoms with Gasteiger partial charge in [0.1, 0.15) is 0 Å². The number of thiophene rings is 1. The fourth-order valence-electron chi connectivity index (χ4n) is 4.30. The van der Waals surface area contributed by atoms with Crippen molar-refractivity contribution in [2.45, 2.75) is 20.3 Å². The average Bonchev–Trinajstić information content (AvgIpc) is 3.66. The quantitative estimate of drug-likeness (QED) is 0.208. The summed E-state index contributed by atoms with van der Waals surface area (Å²) in [5.74, 6) is 0. The zero-order chi connectivity index (χ0) is 25.5. The first-order valence-electron chi connectivity index (χ1n) is 12.0. The number of hydrogen-bond acceptors (Lipinski definition) is 6. The van der Waals surface area contributed by atoms with E-state index < -0.39 is 0 Å². The smallest absolute Gasteiger partial charge is 0.181 e. The number of nitrogens with one attached hydrogen (secondary N) is 3. The van der Waals surface area contributed by atoms with E-state index in [0.29, 0.717) is 5.65 Å². The molecule has 0 aliphatic heterocycles. The molecule has 0 aliphatic rings. The van der Waals surface area contributed by atoms with Gasteiger partial charge in [0.2, 0.25) is 0 Å². The summed E-state index contributed by atoms with van der Waals surface area (Å²) < 4.78 is 0. The van der Waals surface area contributed by atoms with Crippen LogP contribution < -0.4 is 5.32 Å². The number of fused-ring (bicyclic) bond motifs is 2. The van der Waals surface area contributed by atoms with Gasteiger partial charge in [0.25, 0.3) is 0 Å². The molecule has 182 valence electrons. The Balaban J connectivity index is 1.42. The van der Waals surface area contributed by atoms with Crippen molar-refractivity contribution in [2.75, 3.05) is 5.32 Å². The summed E-state index contributed by atoms with van der Waals surface area (Å²) in [7, 11) is 0.